The lowest BCUT2D eigenvalue weighted by atomic mass is 9.97. The first-order chi connectivity index (χ1) is 16.5. The molecular formula is C26H32N6O2. The number of aryl methyl sites for hydroxylation is 1. The van der Waals surface area contributed by atoms with E-state index in [2.05, 4.69) is 45.3 Å². The van der Waals surface area contributed by atoms with Gasteiger partial charge in [-0.3, -0.25) is 9.69 Å². The summed E-state index contributed by atoms with van der Waals surface area (Å²) in [6.45, 7) is 7.46. The Morgan fingerprint density at radius 2 is 2.03 bits per heavy atom. The van der Waals surface area contributed by atoms with Crippen molar-refractivity contribution in [3.8, 4) is 0 Å². The van der Waals surface area contributed by atoms with Crippen molar-refractivity contribution in [2.24, 2.45) is 5.92 Å². The molecule has 0 unspecified atom stereocenters. The summed E-state index contributed by atoms with van der Waals surface area (Å²) in [5, 5.41) is 13.8. The number of para-hydroxylation sites is 1. The Balaban J connectivity index is 1.54. The highest BCUT2D eigenvalue weighted by molar-refractivity contribution is 5.81. The van der Waals surface area contributed by atoms with Crippen LogP contribution in [0.25, 0.3) is 10.9 Å². The number of nitrogens with one attached hydrogen (secondary N) is 1. The van der Waals surface area contributed by atoms with Crippen molar-refractivity contribution in [3.63, 3.8) is 0 Å². The molecule has 0 saturated heterocycles. The number of furan rings is 1. The van der Waals surface area contributed by atoms with Crippen LogP contribution in [0.5, 0.6) is 0 Å². The molecule has 4 aromatic rings. The highest BCUT2D eigenvalue weighted by atomic mass is 16.3. The van der Waals surface area contributed by atoms with Crippen LogP contribution in [0.2, 0.25) is 0 Å². The van der Waals surface area contributed by atoms with Crippen molar-refractivity contribution in [1.82, 2.24) is 30.1 Å². The van der Waals surface area contributed by atoms with E-state index in [1.807, 2.05) is 41.9 Å². The van der Waals surface area contributed by atoms with Gasteiger partial charge in [0.15, 0.2) is 5.82 Å². The number of hydrogen-bond donors (Lipinski definition) is 1. The number of fused-ring (bicyclic) bond motifs is 1. The van der Waals surface area contributed by atoms with Crippen LogP contribution >= 0.6 is 0 Å². The monoisotopic (exact) mass is 460 g/mol. The van der Waals surface area contributed by atoms with Crippen LogP contribution in [0.3, 0.4) is 0 Å². The molecule has 0 radical (unpaired) electrons. The smallest absolute Gasteiger partial charge is 0.252 e. The van der Waals surface area contributed by atoms with Crippen molar-refractivity contribution in [3.05, 3.63) is 75.7 Å². The van der Waals surface area contributed by atoms with Crippen molar-refractivity contribution in [2.75, 3.05) is 0 Å². The molecule has 3 aromatic heterocycles. The standard InChI is InChI=1S/C26H32N6O2/c1-17(2)24(25-28-29-30-32(25)16-22-12-7-13-34-22)31(21-10-4-5-11-21)15-20-14-19-9-6-8-18(3)23(19)27-26(20)33/h6-9,12-14,17,21,24H,4-5,10-11,15-16H2,1-3H3,(H,27,33)/t24-/m1/s1. The van der Waals surface area contributed by atoms with Crippen LogP contribution in [0, 0.1) is 12.8 Å². The van der Waals surface area contributed by atoms with E-state index >= 15 is 0 Å². The second kappa shape index (κ2) is 9.54. The topological polar surface area (TPSA) is 92.8 Å². The number of rotatable bonds is 8. The minimum atomic E-state index is -0.0272. The number of aromatic nitrogens is 5. The van der Waals surface area contributed by atoms with E-state index in [1.165, 1.54) is 12.8 Å². The van der Waals surface area contributed by atoms with Gasteiger partial charge < -0.3 is 9.40 Å². The largest absolute Gasteiger partial charge is 0.467 e. The third kappa shape index (κ3) is 4.42. The molecule has 1 saturated carbocycles. The predicted molar refractivity (Wildman–Crippen MR) is 130 cm³/mol. The molecular weight excluding hydrogens is 428 g/mol. The third-order valence-corrected chi connectivity index (χ3v) is 7.01. The summed E-state index contributed by atoms with van der Waals surface area (Å²) >= 11 is 0. The summed E-state index contributed by atoms with van der Waals surface area (Å²) in [5.74, 6) is 1.87. The average molecular weight is 461 g/mol. The van der Waals surface area contributed by atoms with Crippen LogP contribution in [-0.4, -0.2) is 36.1 Å². The van der Waals surface area contributed by atoms with E-state index in [0.717, 1.165) is 46.5 Å². The van der Waals surface area contributed by atoms with Gasteiger partial charge in [0.1, 0.15) is 12.3 Å². The summed E-state index contributed by atoms with van der Waals surface area (Å²) in [5.41, 5.74) is 2.74. The number of benzene rings is 1. The third-order valence-electron chi connectivity index (χ3n) is 7.01. The maximum atomic E-state index is 13.2. The van der Waals surface area contributed by atoms with Gasteiger partial charge in [0.25, 0.3) is 5.56 Å². The zero-order chi connectivity index (χ0) is 23.7. The molecule has 0 aliphatic heterocycles. The van der Waals surface area contributed by atoms with Crippen LogP contribution in [-0.2, 0) is 13.1 Å². The lowest BCUT2D eigenvalue weighted by molar-refractivity contribution is 0.0842. The van der Waals surface area contributed by atoms with E-state index in [-0.39, 0.29) is 17.5 Å². The Bertz CT molecular complexity index is 1300. The van der Waals surface area contributed by atoms with Gasteiger partial charge >= 0.3 is 0 Å². The summed E-state index contributed by atoms with van der Waals surface area (Å²) in [7, 11) is 0. The van der Waals surface area contributed by atoms with Gasteiger partial charge in [-0.2, -0.15) is 0 Å². The molecule has 1 aromatic carbocycles. The van der Waals surface area contributed by atoms with Crippen LogP contribution < -0.4 is 5.56 Å². The Kier molecular flexibility index (Phi) is 6.32. The van der Waals surface area contributed by atoms with Crippen molar-refractivity contribution in [1.29, 1.82) is 0 Å². The number of aromatic amines is 1. The second-order valence-electron chi connectivity index (χ2n) is 9.74. The number of nitrogens with zero attached hydrogens (tertiary/aromatic N) is 5. The van der Waals surface area contributed by atoms with Gasteiger partial charge in [0.2, 0.25) is 0 Å². The number of pyridine rings is 1. The molecule has 3 heterocycles. The van der Waals surface area contributed by atoms with Crippen LogP contribution in [0.4, 0.5) is 0 Å². The first-order valence-corrected chi connectivity index (χ1v) is 12.2. The van der Waals surface area contributed by atoms with Gasteiger partial charge in [-0.1, -0.05) is 44.9 Å². The van der Waals surface area contributed by atoms with Gasteiger partial charge in [-0.05, 0) is 65.3 Å². The molecule has 8 nitrogen and oxygen atoms in total. The number of hydrogen-bond acceptors (Lipinski definition) is 6. The van der Waals surface area contributed by atoms with E-state index < -0.39 is 0 Å². The van der Waals surface area contributed by atoms with Gasteiger partial charge in [-0.25, -0.2) is 4.68 Å². The summed E-state index contributed by atoms with van der Waals surface area (Å²) in [4.78, 5) is 18.7. The number of H-pyrrole nitrogens is 1. The minimum Gasteiger partial charge on any atom is -0.467 e. The molecule has 1 atom stereocenters. The molecule has 178 valence electrons. The first-order valence-electron chi connectivity index (χ1n) is 12.2. The maximum absolute atomic E-state index is 13.2. The van der Waals surface area contributed by atoms with E-state index in [4.69, 9.17) is 4.42 Å². The average Bonchev–Trinajstić information content (AvgIpc) is 3.58. The molecule has 8 heteroatoms. The summed E-state index contributed by atoms with van der Waals surface area (Å²) in [6.07, 6.45) is 6.31. The molecule has 1 N–H and O–H groups in total. The van der Waals surface area contributed by atoms with Gasteiger partial charge in [-0.15, -0.1) is 5.10 Å². The summed E-state index contributed by atoms with van der Waals surface area (Å²) in [6, 6.07) is 12.3. The summed E-state index contributed by atoms with van der Waals surface area (Å²) < 4.78 is 7.38. The normalized spacial score (nSPS) is 15.7. The van der Waals surface area contributed by atoms with Crippen molar-refractivity contribution >= 4 is 10.9 Å². The molecule has 1 aliphatic rings. The van der Waals surface area contributed by atoms with Gasteiger partial charge in [0.05, 0.1) is 17.8 Å². The van der Waals surface area contributed by atoms with E-state index in [9.17, 15) is 4.79 Å². The fourth-order valence-corrected chi connectivity index (χ4v) is 5.35. The Hall–Kier alpha value is -3.26. The quantitative estimate of drug-likeness (QED) is 0.413. The highest BCUT2D eigenvalue weighted by Crippen LogP contribution is 2.36. The molecule has 1 fully saturated rings. The van der Waals surface area contributed by atoms with Crippen molar-refractivity contribution in [2.45, 2.75) is 71.6 Å². The van der Waals surface area contributed by atoms with Crippen LogP contribution in [0.15, 0.2) is 51.9 Å². The first kappa shape index (κ1) is 22.5. The van der Waals surface area contributed by atoms with Crippen molar-refractivity contribution < 1.29 is 4.42 Å². The molecule has 0 amide bonds. The van der Waals surface area contributed by atoms with E-state index in [1.54, 1.807) is 6.26 Å². The van der Waals surface area contributed by atoms with Gasteiger partial charge in [0, 0.05) is 18.2 Å². The SMILES string of the molecule is Cc1cccc2cc(CN(C3CCCC3)[C@@H](c3nnnn3Cc3ccco3)C(C)C)c(=O)[nH]c12. The molecule has 34 heavy (non-hydrogen) atoms. The highest BCUT2D eigenvalue weighted by Gasteiger charge is 2.35. The predicted octanol–water partition coefficient (Wildman–Crippen LogP) is 4.61. The molecule has 0 bridgehead atoms. The molecule has 0 spiro atoms. The lowest BCUT2D eigenvalue weighted by Crippen LogP contribution is -2.41. The zero-order valence-electron chi connectivity index (χ0n) is 20.1. The fourth-order valence-electron chi connectivity index (χ4n) is 5.35. The lowest BCUT2D eigenvalue weighted by Gasteiger charge is -2.37. The Labute approximate surface area is 199 Å². The van der Waals surface area contributed by atoms with Crippen LogP contribution in [0.1, 0.15) is 68.3 Å². The Morgan fingerprint density at radius 1 is 1.21 bits per heavy atom. The molecule has 1 aliphatic carbocycles. The van der Waals surface area contributed by atoms with E-state index in [0.29, 0.717) is 19.1 Å². The fraction of sp³-hybridized carbons (Fsp3) is 0.462. The minimum absolute atomic E-state index is 0.0255. The second-order valence-corrected chi connectivity index (χ2v) is 9.74. The Morgan fingerprint density at radius 3 is 2.76 bits per heavy atom. The molecule has 5 rings (SSSR count). The zero-order valence-corrected chi connectivity index (χ0v) is 20.1. The maximum Gasteiger partial charge on any atom is 0.252 e. The number of tetrazole rings is 1.